The number of hydrogen-bond acceptors (Lipinski definition) is 3. The average molecular weight is 283 g/mol. The monoisotopic (exact) mass is 283 g/mol. The highest BCUT2D eigenvalue weighted by atomic mass is 16.5. The van der Waals surface area contributed by atoms with Crippen LogP contribution in [-0.4, -0.2) is 38.0 Å². The van der Waals surface area contributed by atoms with E-state index in [2.05, 4.69) is 33.0 Å². The molecule has 1 saturated heterocycles. The van der Waals surface area contributed by atoms with Gasteiger partial charge in [0.1, 0.15) is 0 Å². The highest BCUT2D eigenvalue weighted by Gasteiger charge is 2.33. The molecule has 1 heterocycles. The Morgan fingerprint density at radius 3 is 2.65 bits per heavy atom. The molecular formula is C17H33NO2. The van der Waals surface area contributed by atoms with E-state index in [1.54, 1.807) is 0 Å². The Balaban J connectivity index is 1.68. The molecule has 2 aliphatic rings. The number of nitrogens with one attached hydrogen (secondary N) is 1. The van der Waals surface area contributed by atoms with Crippen LogP contribution in [0.5, 0.6) is 0 Å². The predicted molar refractivity (Wildman–Crippen MR) is 83.0 cm³/mol. The van der Waals surface area contributed by atoms with Crippen LogP contribution in [0, 0.1) is 11.3 Å². The van der Waals surface area contributed by atoms with Crippen molar-refractivity contribution in [2.75, 3.05) is 19.7 Å². The molecule has 0 aromatic carbocycles. The van der Waals surface area contributed by atoms with Crippen molar-refractivity contribution >= 4 is 0 Å². The van der Waals surface area contributed by atoms with E-state index in [1.165, 1.54) is 25.7 Å². The summed E-state index contributed by atoms with van der Waals surface area (Å²) in [5, 5.41) is 3.37. The van der Waals surface area contributed by atoms with Crippen molar-refractivity contribution in [2.24, 2.45) is 11.3 Å². The molecule has 1 N–H and O–H groups in total. The van der Waals surface area contributed by atoms with Gasteiger partial charge in [0.2, 0.25) is 0 Å². The van der Waals surface area contributed by atoms with Crippen molar-refractivity contribution in [3.8, 4) is 0 Å². The molecule has 3 heteroatoms. The SMILES string of the molecule is CCNCC1CCC(COC2CC(C)CC(C)(C)C2)O1. The summed E-state index contributed by atoms with van der Waals surface area (Å²) in [5.41, 5.74) is 0.437. The first kappa shape index (κ1) is 16.3. The molecule has 2 rings (SSSR count). The molecular weight excluding hydrogens is 250 g/mol. The molecule has 0 aromatic rings. The van der Waals surface area contributed by atoms with E-state index in [9.17, 15) is 0 Å². The molecule has 1 saturated carbocycles. The maximum atomic E-state index is 6.18. The summed E-state index contributed by atoms with van der Waals surface area (Å²) in [4.78, 5) is 0. The maximum Gasteiger partial charge on any atom is 0.0814 e. The zero-order valence-electron chi connectivity index (χ0n) is 13.8. The van der Waals surface area contributed by atoms with Gasteiger partial charge in [-0.25, -0.2) is 0 Å². The van der Waals surface area contributed by atoms with Crippen molar-refractivity contribution in [2.45, 2.75) is 78.1 Å². The maximum absolute atomic E-state index is 6.18. The van der Waals surface area contributed by atoms with Crippen LogP contribution >= 0.6 is 0 Å². The molecule has 118 valence electrons. The third-order valence-electron chi connectivity index (χ3n) is 4.68. The van der Waals surface area contributed by atoms with Crippen LogP contribution in [0.3, 0.4) is 0 Å². The predicted octanol–water partition coefficient (Wildman–Crippen LogP) is 3.37. The second kappa shape index (κ2) is 7.24. The Bertz CT molecular complexity index is 293. The summed E-state index contributed by atoms with van der Waals surface area (Å²) in [7, 11) is 0. The van der Waals surface area contributed by atoms with Crippen molar-refractivity contribution in [1.29, 1.82) is 0 Å². The largest absolute Gasteiger partial charge is 0.375 e. The Labute approximate surface area is 124 Å². The molecule has 4 unspecified atom stereocenters. The highest BCUT2D eigenvalue weighted by Crippen LogP contribution is 2.39. The van der Waals surface area contributed by atoms with Crippen molar-refractivity contribution in [3.63, 3.8) is 0 Å². The molecule has 0 aromatic heterocycles. The highest BCUT2D eigenvalue weighted by molar-refractivity contribution is 4.84. The van der Waals surface area contributed by atoms with Gasteiger partial charge in [-0.3, -0.25) is 0 Å². The minimum atomic E-state index is 0.319. The third-order valence-corrected chi connectivity index (χ3v) is 4.68. The van der Waals surface area contributed by atoms with E-state index in [0.717, 1.165) is 32.0 Å². The van der Waals surface area contributed by atoms with Crippen molar-refractivity contribution in [1.82, 2.24) is 5.32 Å². The van der Waals surface area contributed by atoms with Crippen LogP contribution in [0.1, 0.15) is 59.8 Å². The van der Waals surface area contributed by atoms with Crippen molar-refractivity contribution < 1.29 is 9.47 Å². The van der Waals surface area contributed by atoms with Crippen LogP contribution in [0.2, 0.25) is 0 Å². The van der Waals surface area contributed by atoms with Crippen LogP contribution < -0.4 is 5.32 Å². The topological polar surface area (TPSA) is 30.5 Å². The normalized spacial score (nSPS) is 37.2. The van der Waals surface area contributed by atoms with Crippen LogP contribution in [-0.2, 0) is 9.47 Å². The molecule has 3 nitrogen and oxygen atoms in total. The molecule has 4 atom stereocenters. The lowest BCUT2D eigenvalue weighted by Gasteiger charge is -2.39. The van der Waals surface area contributed by atoms with Gasteiger partial charge in [0.25, 0.3) is 0 Å². The van der Waals surface area contributed by atoms with Crippen LogP contribution in [0.25, 0.3) is 0 Å². The van der Waals surface area contributed by atoms with E-state index in [1.807, 2.05) is 0 Å². The van der Waals surface area contributed by atoms with Crippen LogP contribution in [0.4, 0.5) is 0 Å². The average Bonchev–Trinajstić information content (AvgIpc) is 2.79. The summed E-state index contributed by atoms with van der Waals surface area (Å²) in [6, 6.07) is 0. The summed E-state index contributed by atoms with van der Waals surface area (Å²) in [6.07, 6.45) is 7.23. The Hall–Kier alpha value is -0.120. The number of hydrogen-bond donors (Lipinski definition) is 1. The standard InChI is InChI=1S/C17H33NO2/c1-5-18-11-14-6-7-15(20-14)12-19-16-8-13(2)9-17(3,4)10-16/h13-16,18H,5-12H2,1-4H3. The number of ether oxygens (including phenoxy) is 2. The Morgan fingerprint density at radius 2 is 1.95 bits per heavy atom. The van der Waals surface area contributed by atoms with Crippen molar-refractivity contribution in [3.05, 3.63) is 0 Å². The lowest BCUT2D eigenvalue weighted by atomic mass is 9.71. The molecule has 2 fully saturated rings. The summed E-state index contributed by atoms with van der Waals surface area (Å²) in [5.74, 6) is 0.787. The van der Waals surface area contributed by atoms with E-state index in [0.29, 0.717) is 23.7 Å². The first-order chi connectivity index (χ1) is 9.48. The van der Waals surface area contributed by atoms with Gasteiger partial charge >= 0.3 is 0 Å². The molecule has 1 aliphatic heterocycles. The Morgan fingerprint density at radius 1 is 1.20 bits per heavy atom. The fraction of sp³-hybridized carbons (Fsp3) is 1.00. The second-order valence-corrected chi connectivity index (χ2v) is 7.63. The number of rotatable bonds is 6. The first-order valence-corrected chi connectivity index (χ1v) is 8.46. The van der Waals surface area contributed by atoms with Gasteiger partial charge in [-0.05, 0) is 50.0 Å². The molecule has 0 amide bonds. The minimum Gasteiger partial charge on any atom is -0.375 e. The smallest absolute Gasteiger partial charge is 0.0814 e. The van der Waals surface area contributed by atoms with Gasteiger partial charge in [-0.2, -0.15) is 0 Å². The fourth-order valence-corrected chi connectivity index (χ4v) is 3.99. The fourth-order valence-electron chi connectivity index (χ4n) is 3.99. The quantitative estimate of drug-likeness (QED) is 0.810. The van der Waals surface area contributed by atoms with Gasteiger partial charge in [0.15, 0.2) is 0 Å². The Kier molecular flexibility index (Phi) is 5.88. The lowest BCUT2D eigenvalue weighted by molar-refractivity contribution is -0.0716. The van der Waals surface area contributed by atoms with Gasteiger partial charge < -0.3 is 14.8 Å². The van der Waals surface area contributed by atoms with Gasteiger partial charge in [-0.1, -0.05) is 27.7 Å². The molecule has 1 aliphatic carbocycles. The van der Waals surface area contributed by atoms with E-state index < -0.39 is 0 Å². The van der Waals surface area contributed by atoms with E-state index >= 15 is 0 Å². The first-order valence-electron chi connectivity index (χ1n) is 8.46. The summed E-state index contributed by atoms with van der Waals surface area (Å²) in [6.45, 7) is 12.0. The molecule has 0 bridgehead atoms. The molecule has 0 spiro atoms. The zero-order chi connectivity index (χ0) is 14.6. The van der Waals surface area contributed by atoms with E-state index in [4.69, 9.17) is 9.47 Å². The number of likely N-dealkylation sites (N-methyl/N-ethyl adjacent to an activating group) is 1. The van der Waals surface area contributed by atoms with Crippen LogP contribution in [0.15, 0.2) is 0 Å². The van der Waals surface area contributed by atoms with E-state index in [-0.39, 0.29) is 0 Å². The zero-order valence-corrected chi connectivity index (χ0v) is 13.8. The summed E-state index contributed by atoms with van der Waals surface area (Å²) >= 11 is 0. The third kappa shape index (κ3) is 5.01. The molecule has 20 heavy (non-hydrogen) atoms. The molecule has 0 radical (unpaired) electrons. The summed E-state index contributed by atoms with van der Waals surface area (Å²) < 4.78 is 12.2. The minimum absolute atomic E-state index is 0.319. The van der Waals surface area contributed by atoms with Gasteiger partial charge in [0, 0.05) is 6.54 Å². The van der Waals surface area contributed by atoms with Gasteiger partial charge in [-0.15, -0.1) is 0 Å². The van der Waals surface area contributed by atoms with Gasteiger partial charge in [0.05, 0.1) is 24.9 Å². The lowest BCUT2D eigenvalue weighted by Crippen LogP contribution is -2.34. The second-order valence-electron chi connectivity index (χ2n) is 7.63.